The first kappa shape index (κ1) is 12.8. The average molecular weight is 225 g/mol. The summed E-state index contributed by atoms with van der Waals surface area (Å²) < 4.78 is 5.53. The van der Waals surface area contributed by atoms with Crippen LogP contribution < -0.4 is 5.73 Å². The van der Waals surface area contributed by atoms with Crippen molar-refractivity contribution in [3.8, 4) is 0 Å². The standard InChI is InChI=1S/C12H19NO3/c1-8-5-6-9(16-8)12(4,7-10(14)15)11(2,3)13/h5-6H,7,13H2,1-4H3,(H,14,15). The zero-order valence-electron chi connectivity index (χ0n) is 10.2. The van der Waals surface area contributed by atoms with Crippen molar-refractivity contribution in [2.45, 2.75) is 45.1 Å². The van der Waals surface area contributed by atoms with Crippen LogP contribution in [0.1, 0.15) is 38.7 Å². The number of hydrogen-bond acceptors (Lipinski definition) is 3. The molecule has 0 fully saturated rings. The molecule has 3 N–H and O–H groups in total. The fourth-order valence-corrected chi connectivity index (χ4v) is 1.67. The predicted octanol–water partition coefficient (Wildman–Crippen LogP) is 2.06. The summed E-state index contributed by atoms with van der Waals surface area (Å²) in [5.41, 5.74) is 4.69. The molecular formula is C12H19NO3. The van der Waals surface area contributed by atoms with Crippen LogP contribution >= 0.6 is 0 Å². The van der Waals surface area contributed by atoms with Gasteiger partial charge in [0.2, 0.25) is 0 Å². The number of carboxylic acids is 1. The molecule has 0 radical (unpaired) electrons. The maximum Gasteiger partial charge on any atom is 0.304 e. The van der Waals surface area contributed by atoms with E-state index < -0.39 is 16.9 Å². The van der Waals surface area contributed by atoms with Gasteiger partial charge in [-0.3, -0.25) is 4.79 Å². The highest BCUT2D eigenvalue weighted by atomic mass is 16.4. The maximum absolute atomic E-state index is 10.9. The molecule has 1 heterocycles. The van der Waals surface area contributed by atoms with E-state index in [4.69, 9.17) is 15.3 Å². The number of carbonyl (C=O) groups is 1. The van der Waals surface area contributed by atoms with E-state index >= 15 is 0 Å². The molecule has 0 saturated carbocycles. The highest BCUT2D eigenvalue weighted by Crippen LogP contribution is 2.37. The molecule has 1 atom stereocenters. The van der Waals surface area contributed by atoms with Crippen LogP contribution in [0.25, 0.3) is 0 Å². The molecule has 0 saturated heterocycles. The van der Waals surface area contributed by atoms with Crippen molar-refractivity contribution >= 4 is 5.97 Å². The molecule has 1 unspecified atom stereocenters. The van der Waals surface area contributed by atoms with Gasteiger partial charge in [-0.2, -0.15) is 0 Å². The second-order valence-electron chi connectivity index (χ2n) is 5.03. The van der Waals surface area contributed by atoms with Gasteiger partial charge >= 0.3 is 5.97 Å². The van der Waals surface area contributed by atoms with Gasteiger partial charge in [0.25, 0.3) is 0 Å². The number of aliphatic carboxylic acids is 1. The van der Waals surface area contributed by atoms with Gasteiger partial charge in [-0.15, -0.1) is 0 Å². The van der Waals surface area contributed by atoms with Crippen molar-refractivity contribution in [2.75, 3.05) is 0 Å². The lowest BCUT2D eigenvalue weighted by molar-refractivity contribution is -0.139. The maximum atomic E-state index is 10.9. The summed E-state index contributed by atoms with van der Waals surface area (Å²) >= 11 is 0. The molecule has 1 aromatic heterocycles. The second-order valence-corrected chi connectivity index (χ2v) is 5.03. The summed E-state index contributed by atoms with van der Waals surface area (Å²) in [4.78, 5) is 10.9. The van der Waals surface area contributed by atoms with Gasteiger partial charge in [-0.05, 0) is 32.9 Å². The molecular weight excluding hydrogens is 206 g/mol. The first-order chi connectivity index (χ1) is 7.17. The highest BCUT2D eigenvalue weighted by Gasteiger charge is 2.44. The molecule has 0 aliphatic heterocycles. The number of rotatable bonds is 4. The minimum Gasteiger partial charge on any atom is -0.481 e. The van der Waals surface area contributed by atoms with Crippen LogP contribution in [-0.2, 0) is 10.2 Å². The van der Waals surface area contributed by atoms with E-state index in [-0.39, 0.29) is 6.42 Å². The Morgan fingerprint density at radius 1 is 1.44 bits per heavy atom. The smallest absolute Gasteiger partial charge is 0.304 e. The van der Waals surface area contributed by atoms with Gasteiger partial charge in [-0.1, -0.05) is 6.92 Å². The fraction of sp³-hybridized carbons (Fsp3) is 0.583. The van der Waals surface area contributed by atoms with Gasteiger partial charge in [-0.25, -0.2) is 0 Å². The Labute approximate surface area is 95.4 Å². The van der Waals surface area contributed by atoms with Crippen LogP contribution in [-0.4, -0.2) is 16.6 Å². The Bertz CT molecular complexity index is 389. The fourth-order valence-electron chi connectivity index (χ4n) is 1.67. The number of aryl methyl sites for hydroxylation is 1. The molecule has 4 heteroatoms. The third-order valence-corrected chi connectivity index (χ3v) is 3.21. The molecule has 16 heavy (non-hydrogen) atoms. The van der Waals surface area contributed by atoms with E-state index in [2.05, 4.69) is 0 Å². The highest BCUT2D eigenvalue weighted by molar-refractivity contribution is 5.69. The summed E-state index contributed by atoms with van der Waals surface area (Å²) in [6, 6.07) is 3.62. The van der Waals surface area contributed by atoms with E-state index in [1.165, 1.54) is 0 Å². The van der Waals surface area contributed by atoms with Crippen molar-refractivity contribution in [1.82, 2.24) is 0 Å². The Balaban J connectivity index is 3.19. The second kappa shape index (κ2) is 3.94. The largest absolute Gasteiger partial charge is 0.481 e. The lowest BCUT2D eigenvalue weighted by atomic mass is 9.69. The monoisotopic (exact) mass is 225 g/mol. The predicted molar refractivity (Wildman–Crippen MR) is 61.3 cm³/mol. The van der Waals surface area contributed by atoms with Gasteiger partial charge in [0.1, 0.15) is 11.5 Å². The van der Waals surface area contributed by atoms with E-state index in [0.717, 1.165) is 5.76 Å². The molecule has 0 aliphatic rings. The van der Waals surface area contributed by atoms with Crippen molar-refractivity contribution in [3.05, 3.63) is 23.7 Å². The summed E-state index contributed by atoms with van der Waals surface area (Å²) in [5, 5.41) is 8.98. The number of nitrogens with two attached hydrogens (primary N) is 1. The summed E-state index contributed by atoms with van der Waals surface area (Å²) in [6.07, 6.45) is -0.0521. The van der Waals surface area contributed by atoms with Crippen molar-refractivity contribution < 1.29 is 14.3 Å². The quantitative estimate of drug-likeness (QED) is 0.822. The first-order valence-corrected chi connectivity index (χ1v) is 5.24. The van der Waals surface area contributed by atoms with Crippen molar-refractivity contribution in [2.24, 2.45) is 5.73 Å². The Kier molecular flexibility index (Phi) is 3.15. The van der Waals surface area contributed by atoms with Gasteiger partial charge in [0, 0.05) is 5.54 Å². The Morgan fingerprint density at radius 2 is 2.00 bits per heavy atom. The molecule has 0 aromatic carbocycles. The molecule has 90 valence electrons. The minimum atomic E-state index is -0.880. The zero-order valence-corrected chi connectivity index (χ0v) is 10.2. The number of furan rings is 1. The molecule has 1 aromatic rings. The SMILES string of the molecule is Cc1ccc(C(C)(CC(=O)O)C(C)(C)N)o1. The van der Waals surface area contributed by atoms with Crippen molar-refractivity contribution in [1.29, 1.82) is 0 Å². The normalized spacial score (nSPS) is 15.8. The third kappa shape index (κ3) is 2.27. The molecule has 0 spiro atoms. The Hall–Kier alpha value is -1.29. The number of hydrogen-bond donors (Lipinski definition) is 2. The topological polar surface area (TPSA) is 76.5 Å². The summed E-state index contributed by atoms with van der Waals surface area (Å²) in [6.45, 7) is 7.27. The van der Waals surface area contributed by atoms with E-state index in [0.29, 0.717) is 5.76 Å². The first-order valence-electron chi connectivity index (χ1n) is 5.24. The van der Waals surface area contributed by atoms with Crippen molar-refractivity contribution in [3.63, 3.8) is 0 Å². The van der Waals surface area contributed by atoms with Crippen LogP contribution in [0.3, 0.4) is 0 Å². The lowest BCUT2D eigenvalue weighted by Gasteiger charge is -2.38. The Morgan fingerprint density at radius 3 is 2.31 bits per heavy atom. The number of carboxylic acid groups (broad SMARTS) is 1. The minimum absolute atomic E-state index is 0.0521. The van der Waals surface area contributed by atoms with Gasteiger partial charge < -0.3 is 15.3 Å². The average Bonchev–Trinajstić information content (AvgIpc) is 2.48. The van der Waals surface area contributed by atoms with Crippen LogP contribution in [0.5, 0.6) is 0 Å². The van der Waals surface area contributed by atoms with E-state index in [9.17, 15) is 4.79 Å². The molecule has 0 bridgehead atoms. The molecule has 1 rings (SSSR count). The van der Waals surface area contributed by atoms with Gasteiger partial charge in [0.15, 0.2) is 0 Å². The zero-order chi connectivity index (χ0) is 12.6. The van der Waals surface area contributed by atoms with E-state index in [1.54, 1.807) is 6.07 Å². The summed E-state index contributed by atoms with van der Waals surface area (Å²) in [5.74, 6) is 0.505. The molecule has 4 nitrogen and oxygen atoms in total. The van der Waals surface area contributed by atoms with Gasteiger partial charge in [0.05, 0.1) is 11.8 Å². The van der Waals surface area contributed by atoms with Crippen LogP contribution in [0.15, 0.2) is 16.5 Å². The summed E-state index contributed by atoms with van der Waals surface area (Å²) in [7, 11) is 0. The van der Waals surface area contributed by atoms with Crippen LogP contribution in [0, 0.1) is 6.92 Å². The third-order valence-electron chi connectivity index (χ3n) is 3.21. The van der Waals surface area contributed by atoms with Crippen LogP contribution in [0.4, 0.5) is 0 Å². The molecule has 0 amide bonds. The lowest BCUT2D eigenvalue weighted by Crippen LogP contribution is -2.53. The molecule has 0 aliphatic carbocycles. The van der Waals surface area contributed by atoms with Crippen LogP contribution in [0.2, 0.25) is 0 Å². The van der Waals surface area contributed by atoms with E-state index in [1.807, 2.05) is 33.8 Å².